The van der Waals surface area contributed by atoms with Gasteiger partial charge in [0, 0.05) is 22.8 Å². The van der Waals surface area contributed by atoms with Gasteiger partial charge in [0.15, 0.2) is 0 Å². The van der Waals surface area contributed by atoms with Crippen molar-refractivity contribution in [2.75, 3.05) is 0 Å². The predicted octanol–water partition coefficient (Wildman–Crippen LogP) is 2.36. The number of benzene rings is 1. The fourth-order valence-corrected chi connectivity index (χ4v) is 1.17. The molecule has 0 atom stereocenters. The highest BCUT2D eigenvalue weighted by Gasteiger charge is 2.01. The van der Waals surface area contributed by atoms with Crippen LogP contribution in [0.3, 0.4) is 0 Å². The summed E-state index contributed by atoms with van der Waals surface area (Å²) in [5.74, 6) is 0.300. The van der Waals surface area contributed by atoms with Crippen molar-refractivity contribution in [1.82, 2.24) is 4.98 Å². The van der Waals surface area contributed by atoms with E-state index in [1.165, 1.54) is 12.3 Å². The Hall–Kier alpha value is -1.61. The second kappa shape index (κ2) is 3.64. The van der Waals surface area contributed by atoms with Crippen molar-refractivity contribution in [2.24, 2.45) is 0 Å². The third-order valence-electron chi connectivity index (χ3n) is 1.69. The summed E-state index contributed by atoms with van der Waals surface area (Å²) in [6.45, 7) is 0. The van der Waals surface area contributed by atoms with E-state index in [0.717, 1.165) is 5.56 Å². The molecule has 0 bridgehead atoms. The summed E-state index contributed by atoms with van der Waals surface area (Å²) in [6.07, 6.45) is 1.41. The Bertz CT molecular complexity index is 490. The van der Waals surface area contributed by atoms with E-state index in [-0.39, 0.29) is 0 Å². The van der Waals surface area contributed by atoms with Crippen LogP contribution < -0.4 is 5.63 Å². The number of halogens is 1. The fraction of sp³-hybridized carbons (Fsp3) is 0. The first-order valence-electron chi connectivity index (χ1n) is 3.98. The van der Waals surface area contributed by atoms with Crippen LogP contribution in [0.25, 0.3) is 11.5 Å². The summed E-state index contributed by atoms with van der Waals surface area (Å²) in [5, 5.41) is 0.632. The minimum atomic E-state index is -0.412. The molecule has 2 rings (SSSR count). The molecule has 2 aromatic rings. The Morgan fingerprint density at radius 2 is 1.86 bits per heavy atom. The van der Waals surface area contributed by atoms with Gasteiger partial charge in [0.1, 0.15) is 0 Å². The molecule has 0 radical (unpaired) electrons. The van der Waals surface area contributed by atoms with Gasteiger partial charge in [-0.2, -0.15) is 0 Å². The van der Waals surface area contributed by atoms with E-state index in [0.29, 0.717) is 10.9 Å². The molecular formula is C10H6ClNO2. The average Bonchev–Trinajstić information content (AvgIpc) is 2.19. The van der Waals surface area contributed by atoms with Crippen molar-refractivity contribution >= 4 is 11.6 Å². The molecule has 1 heterocycles. The Labute approximate surface area is 85.0 Å². The van der Waals surface area contributed by atoms with Crippen LogP contribution in [0, 0.1) is 0 Å². The fourth-order valence-electron chi connectivity index (χ4n) is 1.05. The molecule has 1 aromatic carbocycles. The smallest absolute Gasteiger partial charge is 0.339 e. The summed E-state index contributed by atoms with van der Waals surface area (Å²) < 4.78 is 4.89. The standard InChI is InChI=1S/C10H6ClNO2/c11-8-3-1-7(2-4-8)10-12-6-5-9(13)14-10/h1-6H. The van der Waals surface area contributed by atoms with E-state index in [9.17, 15) is 4.79 Å². The van der Waals surface area contributed by atoms with Crippen LogP contribution >= 0.6 is 11.6 Å². The minimum Gasteiger partial charge on any atom is -0.404 e. The Kier molecular flexibility index (Phi) is 2.33. The minimum absolute atomic E-state index is 0.300. The van der Waals surface area contributed by atoms with Crippen LogP contribution in [0.2, 0.25) is 5.02 Å². The van der Waals surface area contributed by atoms with Crippen molar-refractivity contribution in [1.29, 1.82) is 0 Å². The lowest BCUT2D eigenvalue weighted by molar-refractivity contribution is 0.507. The van der Waals surface area contributed by atoms with E-state index < -0.39 is 5.63 Å². The van der Waals surface area contributed by atoms with Crippen LogP contribution in [-0.2, 0) is 0 Å². The molecule has 70 valence electrons. The van der Waals surface area contributed by atoms with Crippen LogP contribution in [-0.4, -0.2) is 4.98 Å². The van der Waals surface area contributed by atoms with Gasteiger partial charge in [-0.15, -0.1) is 0 Å². The Morgan fingerprint density at radius 3 is 2.50 bits per heavy atom. The largest absolute Gasteiger partial charge is 0.404 e. The summed E-state index contributed by atoms with van der Waals surface area (Å²) in [6, 6.07) is 8.18. The van der Waals surface area contributed by atoms with E-state index in [1.807, 2.05) is 0 Å². The van der Waals surface area contributed by atoms with Crippen LogP contribution in [0.15, 0.2) is 45.7 Å². The van der Waals surface area contributed by atoms with Crippen molar-refractivity contribution in [2.45, 2.75) is 0 Å². The zero-order valence-electron chi connectivity index (χ0n) is 7.11. The van der Waals surface area contributed by atoms with Gasteiger partial charge >= 0.3 is 5.63 Å². The molecule has 0 unspecified atom stereocenters. The van der Waals surface area contributed by atoms with Crippen molar-refractivity contribution < 1.29 is 4.42 Å². The molecule has 14 heavy (non-hydrogen) atoms. The average molecular weight is 208 g/mol. The lowest BCUT2D eigenvalue weighted by Crippen LogP contribution is -1.97. The van der Waals surface area contributed by atoms with Gasteiger partial charge < -0.3 is 4.42 Å². The van der Waals surface area contributed by atoms with E-state index in [4.69, 9.17) is 16.0 Å². The maximum Gasteiger partial charge on any atom is 0.339 e. The molecule has 0 fully saturated rings. The van der Waals surface area contributed by atoms with Gasteiger partial charge in [0.2, 0.25) is 5.89 Å². The Morgan fingerprint density at radius 1 is 1.14 bits per heavy atom. The number of hydrogen-bond donors (Lipinski definition) is 0. The first kappa shape index (κ1) is 8.97. The molecular weight excluding hydrogens is 202 g/mol. The normalized spacial score (nSPS) is 10.1. The number of aromatic nitrogens is 1. The molecule has 0 aliphatic rings. The van der Waals surface area contributed by atoms with E-state index >= 15 is 0 Å². The van der Waals surface area contributed by atoms with E-state index in [2.05, 4.69) is 4.98 Å². The number of hydrogen-bond acceptors (Lipinski definition) is 3. The second-order valence-corrected chi connectivity index (χ2v) is 3.11. The highest BCUT2D eigenvalue weighted by atomic mass is 35.5. The van der Waals surface area contributed by atoms with Crippen molar-refractivity contribution in [3.63, 3.8) is 0 Å². The first-order valence-corrected chi connectivity index (χ1v) is 4.35. The van der Waals surface area contributed by atoms with Gasteiger partial charge in [0.25, 0.3) is 0 Å². The van der Waals surface area contributed by atoms with Gasteiger partial charge in [-0.3, -0.25) is 0 Å². The maximum absolute atomic E-state index is 10.9. The summed E-state index contributed by atoms with van der Waals surface area (Å²) in [5.41, 5.74) is 0.317. The Balaban J connectivity index is 2.50. The van der Waals surface area contributed by atoms with Gasteiger partial charge in [-0.1, -0.05) is 11.6 Å². The quantitative estimate of drug-likeness (QED) is 0.721. The number of nitrogens with zero attached hydrogens (tertiary/aromatic N) is 1. The lowest BCUT2D eigenvalue weighted by atomic mass is 10.2. The van der Waals surface area contributed by atoms with E-state index in [1.54, 1.807) is 24.3 Å². The zero-order chi connectivity index (χ0) is 9.97. The van der Waals surface area contributed by atoms with Gasteiger partial charge in [-0.05, 0) is 24.3 Å². The van der Waals surface area contributed by atoms with Crippen molar-refractivity contribution in [3.05, 3.63) is 52.0 Å². The SMILES string of the molecule is O=c1ccnc(-c2ccc(Cl)cc2)o1. The molecule has 0 N–H and O–H groups in total. The molecule has 3 nitrogen and oxygen atoms in total. The molecule has 0 saturated heterocycles. The molecule has 0 saturated carbocycles. The van der Waals surface area contributed by atoms with Gasteiger partial charge in [-0.25, -0.2) is 9.78 Å². The number of rotatable bonds is 1. The topological polar surface area (TPSA) is 43.1 Å². The summed E-state index contributed by atoms with van der Waals surface area (Å²) in [7, 11) is 0. The maximum atomic E-state index is 10.9. The zero-order valence-corrected chi connectivity index (χ0v) is 7.86. The van der Waals surface area contributed by atoms with Crippen LogP contribution in [0.5, 0.6) is 0 Å². The first-order chi connectivity index (χ1) is 6.75. The molecule has 0 aliphatic carbocycles. The van der Waals surface area contributed by atoms with Crippen LogP contribution in [0.4, 0.5) is 0 Å². The molecule has 4 heteroatoms. The van der Waals surface area contributed by atoms with Gasteiger partial charge in [0.05, 0.1) is 0 Å². The summed E-state index contributed by atoms with van der Waals surface area (Å²) in [4.78, 5) is 14.8. The second-order valence-electron chi connectivity index (χ2n) is 2.68. The molecule has 0 aliphatic heterocycles. The summed E-state index contributed by atoms with van der Waals surface area (Å²) >= 11 is 5.72. The lowest BCUT2D eigenvalue weighted by Gasteiger charge is -1.97. The van der Waals surface area contributed by atoms with Crippen molar-refractivity contribution in [3.8, 4) is 11.5 Å². The highest BCUT2D eigenvalue weighted by molar-refractivity contribution is 6.30. The third-order valence-corrected chi connectivity index (χ3v) is 1.94. The molecule has 0 amide bonds. The monoisotopic (exact) mass is 207 g/mol. The third kappa shape index (κ3) is 1.83. The highest BCUT2D eigenvalue weighted by Crippen LogP contribution is 2.17. The molecule has 1 aromatic heterocycles. The predicted molar refractivity (Wildman–Crippen MR) is 53.2 cm³/mol. The molecule has 0 spiro atoms. The van der Waals surface area contributed by atoms with Crippen LogP contribution in [0.1, 0.15) is 0 Å².